The third kappa shape index (κ3) is 5.46. The lowest BCUT2D eigenvalue weighted by Crippen LogP contribution is -2.44. The van der Waals surface area contributed by atoms with Gasteiger partial charge in [-0.2, -0.15) is 0 Å². The molecule has 0 saturated carbocycles. The number of aryl methyl sites for hydroxylation is 1. The summed E-state index contributed by atoms with van der Waals surface area (Å²) in [5, 5.41) is 3.14. The van der Waals surface area contributed by atoms with E-state index >= 15 is 0 Å². The van der Waals surface area contributed by atoms with Gasteiger partial charge in [0.05, 0.1) is 17.6 Å². The summed E-state index contributed by atoms with van der Waals surface area (Å²) in [5.41, 5.74) is 3.85. The fourth-order valence-corrected chi connectivity index (χ4v) is 4.62. The van der Waals surface area contributed by atoms with Crippen LogP contribution in [0, 0.1) is 6.92 Å². The van der Waals surface area contributed by atoms with Gasteiger partial charge in [0.25, 0.3) is 5.56 Å². The molecule has 1 aliphatic heterocycles. The lowest BCUT2D eigenvalue weighted by atomic mass is 10.0. The van der Waals surface area contributed by atoms with Gasteiger partial charge in [-0.15, -0.1) is 0 Å². The summed E-state index contributed by atoms with van der Waals surface area (Å²) in [7, 11) is 0. The zero-order valence-corrected chi connectivity index (χ0v) is 19.8. The Bertz CT molecular complexity index is 1340. The summed E-state index contributed by atoms with van der Waals surface area (Å²) in [6, 6.07) is 11.8. The first-order chi connectivity index (χ1) is 17.0. The number of amides is 1. The van der Waals surface area contributed by atoms with Crippen LogP contribution in [0.3, 0.4) is 0 Å². The molecule has 1 aliphatic rings. The van der Waals surface area contributed by atoms with Gasteiger partial charge < -0.3 is 15.3 Å². The normalized spacial score (nSPS) is 14.9. The molecule has 9 nitrogen and oxygen atoms in total. The molecule has 1 amide bonds. The van der Waals surface area contributed by atoms with Gasteiger partial charge in [0, 0.05) is 54.8 Å². The Balaban J connectivity index is 1.10. The van der Waals surface area contributed by atoms with Gasteiger partial charge in [-0.25, -0.2) is 9.97 Å². The van der Waals surface area contributed by atoms with Crippen LogP contribution < -0.4 is 10.9 Å². The second-order valence-electron chi connectivity index (χ2n) is 9.03. The van der Waals surface area contributed by atoms with Crippen LogP contribution in [-0.4, -0.2) is 54.9 Å². The smallest absolute Gasteiger partial charge is 0.254 e. The number of nitrogens with zero attached hydrogens (tertiary/aromatic N) is 4. The highest BCUT2D eigenvalue weighted by Crippen LogP contribution is 2.17. The van der Waals surface area contributed by atoms with Gasteiger partial charge in [0.2, 0.25) is 5.91 Å². The van der Waals surface area contributed by atoms with E-state index in [1.54, 1.807) is 24.5 Å². The number of fused-ring (bicyclic) bond motifs is 1. The van der Waals surface area contributed by atoms with Crippen LogP contribution in [0.5, 0.6) is 0 Å². The number of para-hydroxylation sites is 2. The topological polar surface area (TPSA) is 120 Å². The maximum absolute atomic E-state index is 12.6. The van der Waals surface area contributed by atoms with Crippen molar-refractivity contribution in [3.63, 3.8) is 0 Å². The summed E-state index contributed by atoms with van der Waals surface area (Å²) in [5.74, 6) is 1.45. The van der Waals surface area contributed by atoms with E-state index in [4.69, 9.17) is 0 Å². The van der Waals surface area contributed by atoms with E-state index in [9.17, 15) is 9.59 Å². The van der Waals surface area contributed by atoms with E-state index in [1.807, 2.05) is 31.2 Å². The molecule has 0 bridgehead atoms. The van der Waals surface area contributed by atoms with E-state index in [0.29, 0.717) is 23.5 Å². The van der Waals surface area contributed by atoms with Crippen LogP contribution in [0.4, 0.5) is 0 Å². The average Bonchev–Trinajstić information content (AvgIpc) is 3.27. The Morgan fingerprint density at radius 2 is 1.86 bits per heavy atom. The number of likely N-dealkylation sites (tertiary alicyclic amines) is 1. The summed E-state index contributed by atoms with van der Waals surface area (Å²) in [4.78, 5) is 47.0. The Morgan fingerprint density at radius 3 is 2.60 bits per heavy atom. The maximum atomic E-state index is 12.6. The minimum absolute atomic E-state index is 0.0299. The monoisotopic (exact) mass is 471 g/mol. The largest absolute Gasteiger partial charge is 0.353 e. The molecule has 5 rings (SSSR count). The first-order valence-electron chi connectivity index (χ1n) is 12.0. The van der Waals surface area contributed by atoms with Gasteiger partial charge >= 0.3 is 0 Å². The van der Waals surface area contributed by atoms with Crippen LogP contribution in [0.2, 0.25) is 0 Å². The lowest BCUT2D eigenvalue weighted by Gasteiger charge is -2.31. The number of hydrogen-bond donors (Lipinski definition) is 3. The molecule has 1 aromatic carbocycles. The quantitative estimate of drug-likeness (QED) is 0.381. The van der Waals surface area contributed by atoms with Crippen molar-refractivity contribution in [2.45, 2.75) is 45.2 Å². The molecule has 180 valence electrons. The number of aromatic nitrogens is 5. The Hall–Kier alpha value is -3.85. The molecule has 35 heavy (non-hydrogen) atoms. The summed E-state index contributed by atoms with van der Waals surface area (Å²) in [6.45, 7) is 4.40. The van der Waals surface area contributed by atoms with Crippen LogP contribution in [0.25, 0.3) is 22.4 Å². The Kier molecular flexibility index (Phi) is 6.67. The minimum Gasteiger partial charge on any atom is -0.353 e. The molecule has 3 aromatic heterocycles. The molecule has 0 aliphatic carbocycles. The molecule has 9 heteroatoms. The Morgan fingerprint density at radius 1 is 1.09 bits per heavy atom. The van der Waals surface area contributed by atoms with Gasteiger partial charge in [-0.1, -0.05) is 12.1 Å². The van der Waals surface area contributed by atoms with Gasteiger partial charge in [-0.3, -0.25) is 19.5 Å². The van der Waals surface area contributed by atoms with Crippen molar-refractivity contribution in [1.82, 2.24) is 35.1 Å². The van der Waals surface area contributed by atoms with E-state index in [1.165, 1.54) is 0 Å². The fraction of sp³-hybridized carbons (Fsp3) is 0.346. The van der Waals surface area contributed by atoms with E-state index < -0.39 is 0 Å². The first kappa shape index (κ1) is 22.9. The van der Waals surface area contributed by atoms with Crippen molar-refractivity contribution in [3.05, 3.63) is 76.2 Å². The van der Waals surface area contributed by atoms with Crippen molar-refractivity contribution in [2.75, 3.05) is 13.1 Å². The van der Waals surface area contributed by atoms with Crippen molar-refractivity contribution in [2.24, 2.45) is 0 Å². The van der Waals surface area contributed by atoms with E-state index in [-0.39, 0.29) is 23.9 Å². The number of carbonyl (C=O) groups excluding carboxylic acids is 1. The van der Waals surface area contributed by atoms with E-state index in [2.05, 4.69) is 35.1 Å². The number of carbonyl (C=O) groups is 1. The average molecular weight is 472 g/mol. The number of benzene rings is 1. The number of imidazole rings is 1. The highest BCUT2D eigenvalue weighted by molar-refractivity contribution is 5.76. The standard InChI is InChI=1S/C26H29N7O2/c1-17-20(26(35)32-25(28-17)18-8-12-27-13-9-18)6-7-24(34)29-19-10-14-33(15-11-19)16-23-30-21-4-2-3-5-22(21)31-23/h2-5,8-9,12-13,19H,6-7,10-11,14-16H2,1H3,(H,29,34)(H,30,31)(H,28,32,35). The fourth-order valence-electron chi connectivity index (χ4n) is 4.62. The van der Waals surface area contributed by atoms with Gasteiger partial charge in [0.1, 0.15) is 11.6 Å². The molecule has 0 unspecified atom stereocenters. The lowest BCUT2D eigenvalue weighted by molar-refractivity contribution is -0.122. The Labute approximate surface area is 203 Å². The second-order valence-corrected chi connectivity index (χ2v) is 9.03. The van der Waals surface area contributed by atoms with Crippen LogP contribution >= 0.6 is 0 Å². The van der Waals surface area contributed by atoms with E-state index in [0.717, 1.165) is 54.9 Å². The van der Waals surface area contributed by atoms with Crippen molar-refractivity contribution >= 4 is 16.9 Å². The molecule has 4 aromatic rings. The van der Waals surface area contributed by atoms with Crippen LogP contribution in [0.1, 0.15) is 36.3 Å². The zero-order valence-electron chi connectivity index (χ0n) is 19.8. The zero-order chi connectivity index (χ0) is 24.2. The number of piperidine rings is 1. The predicted molar refractivity (Wildman–Crippen MR) is 134 cm³/mol. The summed E-state index contributed by atoms with van der Waals surface area (Å²) >= 11 is 0. The second kappa shape index (κ2) is 10.2. The molecule has 0 atom stereocenters. The van der Waals surface area contributed by atoms with Crippen molar-refractivity contribution in [3.8, 4) is 11.4 Å². The number of nitrogens with one attached hydrogen (secondary N) is 3. The van der Waals surface area contributed by atoms with Gasteiger partial charge in [-0.05, 0) is 50.5 Å². The third-order valence-electron chi connectivity index (χ3n) is 6.54. The number of hydrogen-bond acceptors (Lipinski definition) is 6. The summed E-state index contributed by atoms with van der Waals surface area (Å²) < 4.78 is 0. The molecule has 0 spiro atoms. The molecular weight excluding hydrogens is 442 g/mol. The van der Waals surface area contributed by atoms with Crippen molar-refractivity contribution in [1.29, 1.82) is 0 Å². The minimum atomic E-state index is -0.198. The number of rotatable bonds is 7. The summed E-state index contributed by atoms with van der Waals surface area (Å²) in [6.07, 6.45) is 5.74. The number of H-pyrrole nitrogens is 2. The maximum Gasteiger partial charge on any atom is 0.254 e. The SMILES string of the molecule is Cc1nc(-c2ccncc2)[nH]c(=O)c1CCC(=O)NC1CCN(Cc2nc3ccccc3[nH]2)CC1. The van der Waals surface area contributed by atoms with Crippen molar-refractivity contribution < 1.29 is 4.79 Å². The molecule has 1 saturated heterocycles. The first-order valence-corrected chi connectivity index (χ1v) is 12.0. The highest BCUT2D eigenvalue weighted by Gasteiger charge is 2.22. The molecule has 3 N–H and O–H groups in total. The predicted octanol–water partition coefficient (Wildman–Crippen LogP) is 2.73. The molecule has 4 heterocycles. The number of pyridine rings is 1. The van der Waals surface area contributed by atoms with Gasteiger partial charge in [0.15, 0.2) is 0 Å². The third-order valence-corrected chi connectivity index (χ3v) is 6.54. The molecular formula is C26H29N7O2. The van der Waals surface area contributed by atoms with Crippen LogP contribution in [0.15, 0.2) is 53.6 Å². The highest BCUT2D eigenvalue weighted by atomic mass is 16.1. The van der Waals surface area contributed by atoms with Crippen LogP contribution in [-0.2, 0) is 17.8 Å². The molecule has 1 fully saturated rings. The number of aromatic amines is 2. The molecule has 0 radical (unpaired) electrons.